The van der Waals surface area contributed by atoms with E-state index in [1.54, 1.807) is 36.7 Å². The van der Waals surface area contributed by atoms with Gasteiger partial charge in [-0.25, -0.2) is 0 Å². The molecule has 1 aliphatic heterocycles. The highest BCUT2D eigenvalue weighted by atomic mass is 16.2. The molecule has 3 rings (SSSR count). The summed E-state index contributed by atoms with van der Waals surface area (Å²) >= 11 is 0. The van der Waals surface area contributed by atoms with Gasteiger partial charge in [0.05, 0.1) is 6.17 Å². The fourth-order valence-corrected chi connectivity index (χ4v) is 4.38. The summed E-state index contributed by atoms with van der Waals surface area (Å²) in [5.41, 5.74) is 8.40. The van der Waals surface area contributed by atoms with Gasteiger partial charge in [0.25, 0.3) is 11.8 Å². The summed E-state index contributed by atoms with van der Waals surface area (Å²) in [5.74, 6) is -2.76. The number of Topliss-reactive ketones (excluding diaryl/α,β-unsaturated/α-hetero) is 2. The molecule has 198 valence electrons. The molecule has 2 aromatic heterocycles. The number of aryl methyl sites for hydroxylation is 2. The number of piperazine rings is 1. The first-order chi connectivity index (χ1) is 17.8. The highest BCUT2D eigenvalue weighted by Gasteiger charge is 2.49. The Morgan fingerprint density at radius 2 is 1.43 bits per heavy atom. The van der Waals surface area contributed by atoms with Gasteiger partial charge in [0.2, 0.25) is 11.6 Å². The van der Waals surface area contributed by atoms with Crippen LogP contribution < -0.4 is 11.1 Å². The first-order valence-corrected chi connectivity index (χ1v) is 13.2. The molecule has 1 saturated heterocycles. The monoisotopic (exact) mass is 507 g/mol. The maximum absolute atomic E-state index is 13.5. The van der Waals surface area contributed by atoms with Gasteiger partial charge < -0.3 is 16.0 Å². The Balaban J connectivity index is 1.86. The summed E-state index contributed by atoms with van der Waals surface area (Å²) in [6, 6.07) is 3.72. The van der Waals surface area contributed by atoms with Crippen LogP contribution in [0.15, 0.2) is 36.7 Å². The van der Waals surface area contributed by atoms with Gasteiger partial charge in [-0.05, 0) is 55.4 Å². The predicted octanol–water partition coefficient (Wildman–Crippen LogP) is 3.01. The first-order valence-electron chi connectivity index (χ1n) is 13.2. The molecule has 3 unspecified atom stereocenters. The Labute approximate surface area is 218 Å². The number of unbranched alkanes of at least 4 members (excludes halogenated alkanes) is 2. The van der Waals surface area contributed by atoms with E-state index >= 15 is 0 Å². The number of nitrogens with zero attached hydrogens (tertiary/aromatic N) is 3. The van der Waals surface area contributed by atoms with Crippen LogP contribution in [0.2, 0.25) is 0 Å². The fraction of sp³-hybridized carbons (Fsp3) is 0.500. The maximum atomic E-state index is 13.5. The number of amides is 2. The molecule has 3 N–H and O–H groups in total. The molecule has 0 bridgehead atoms. The average Bonchev–Trinajstić information content (AvgIpc) is 2.91. The molecule has 0 saturated carbocycles. The van der Waals surface area contributed by atoms with Crippen molar-refractivity contribution in [3.8, 4) is 0 Å². The molecule has 3 heterocycles. The minimum absolute atomic E-state index is 0.0657. The molecule has 1 fully saturated rings. The minimum Gasteiger partial charge on any atom is -0.336 e. The Kier molecular flexibility index (Phi) is 10.0. The van der Waals surface area contributed by atoms with Crippen LogP contribution in [0.5, 0.6) is 0 Å². The largest absolute Gasteiger partial charge is 0.336 e. The average molecular weight is 508 g/mol. The van der Waals surface area contributed by atoms with Crippen molar-refractivity contribution >= 4 is 23.4 Å². The zero-order valence-corrected chi connectivity index (χ0v) is 21.9. The van der Waals surface area contributed by atoms with Crippen LogP contribution in [0.1, 0.15) is 91.4 Å². The topological polar surface area (TPSA) is 135 Å². The highest BCUT2D eigenvalue weighted by Crippen LogP contribution is 2.21. The van der Waals surface area contributed by atoms with Gasteiger partial charge in [-0.3, -0.25) is 29.1 Å². The van der Waals surface area contributed by atoms with Crippen molar-refractivity contribution in [2.75, 3.05) is 0 Å². The van der Waals surface area contributed by atoms with E-state index in [-0.39, 0.29) is 11.4 Å². The van der Waals surface area contributed by atoms with E-state index in [0.29, 0.717) is 12.8 Å². The van der Waals surface area contributed by atoms with E-state index in [4.69, 9.17) is 5.73 Å². The normalized spacial score (nSPS) is 18.4. The van der Waals surface area contributed by atoms with Gasteiger partial charge in [-0.15, -0.1) is 0 Å². The van der Waals surface area contributed by atoms with Gasteiger partial charge in [0.1, 0.15) is 11.4 Å². The van der Waals surface area contributed by atoms with Crippen LogP contribution in [-0.2, 0) is 22.4 Å². The van der Waals surface area contributed by atoms with Crippen LogP contribution in [0.4, 0.5) is 0 Å². The zero-order valence-electron chi connectivity index (χ0n) is 21.9. The number of nitrogens with two attached hydrogens (primary N) is 1. The summed E-state index contributed by atoms with van der Waals surface area (Å²) in [4.78, 5) is 62.9. The lowest BCUT2D eigenvalue weighted by atomic mass is 9.96. The van der Waals surface area contributed by atoms with Gasteiger partial charge in [0.15, 0.2) is 12.1 Å². The van der Waals surface area contributed by atoms with Gasteiger partial charge in [0, 0.05) is 12.4 Å². The van der Waals surface area contributed by atoms with E-state index in [2.05, 4.69) is 29.1 Å². The number of carbonyl (C=O) groups excluding carboxylic acids is 4. The quantitative estimate of drug-likeness (QED) is 0.314. The summed E-state index contributed by atoms with van der Waals surface area (Å²) < 4.78 is 0. The number of hydrogen-bond donors (Lipinski definition) is 2. The second-order valence-electron chi connectivity index (χ2n) is 9.48. The van der Waals surface area contributed by atoms with Gasteiger partial charge in [-0.1, -0.05) is 52.2 Å². The number of hydrogen-bond acceptors (Lipinski definition) is 7. The third kappa shape index (κ3) is 6.65. The summed E-state index contributed by atoms with van der Waals surface area (Å²) in [5, 5.41) is 2.46. The molecule has 0 aromatic carbocycles. The van der Waals surface area contributed by atoms with Crippen molar-refractivity contribution in [1.82, 2.24) is 20.2 Å². The van der Waals surface area contributed by atoms with Gasteiger partial charge in [-0.2, -0.15) is 0 Å². The molecule has 9 heteroatoms. The van der Waals surface area contributed by atoms with Crippen molar-refractivity contribution in [2.24, 2.45) is 5.73 Å². The molecule has 0 spiro atoms. The van der Waals surface area contributed by atoms with Crippen LogP contribution in [-0.4, -0.2) is 56.5 Å². The Hall–Kier alpha value is -3.46. The van der Waals surface area contributed by atoms with Gasteiger partial charge >= 0.3 is 0 Å². The molecular formula is C28H37N5O4. The third-order valence-corrected chi connectivity index (χ3v) is 6.56. The van der Waals surface area contributed by atoms with Crippen LogP contribution in [0.25, 0.3) is 0 Å². The Morgan fingerprint density at radius 3 is 1.89 bits per heavy atom. The van der Waals surface area contributed by atoms with Crippen molar-refractivity contribution in [2.45, 2.75) is 90.4 Å². The Morgan fingerprint density at radius 1 is 0.892 bits per heavy atom. The van der Waals surface area contributed by atoms with Crippen molar-refractivity contribution in [3.63, 3.8) is 0 Å². The molecule has 1 aliphatic rings. The van der Waals surface area contributed by atoms with Crippen LogP contribution in [0, 0.1) is 0 Å². The molecular weight excluding hydrogens is 470 g/mol. The summed E-state index contributed by atoms with van der Waals surface area (Å²) in [6.45, 7) is 6.07. The van der Waals surface area contributed by atoms with Crippen molar-refractivity contribution in [3.05, 3.63) is 59.2 Å². The smallest absolute Gasteiger partial charge is 0.255 e. The first kappa shape index (κ1) is 28.1. The fourth-order valence-electron chi connectivity index (χ4n) is 4.38. The molecule has 9 nitrogen and oxygen atoms in total. The van der Waals surface area contributed by atoms with E-state index in [1.165, 1.54) is 0 Å². The summed E-state index contributed by atoms with van der Waals surface area (Å²) in [6.07, 6.45) is 9.05. The molecule has 0 radical (unpaired) electrons. The zero-order chi connectivity index (χ0) is 26.9. The number of carbonyl (C=O) groups is 4. The van der Waals surface area contributed by atoms with E-state index in [1.807, 2.05) is 6.92 Å². The standard InChI is InChI=1S/C28H37N5O4/c1-4-7-10-18-12-14-20(30-16-18)25(34)23-28(37)33(22(29)9-6-3)24(27(36)32-23)26(35)21-15-13-19(17-31-21)11-8-5-2/h12-17,22-24H,4-11,29H2,1-3H3,(H,32,36). The maximum Gasteiger partial charge on any atom is 0.255 e. The van der Waals surface area contributed by atoms with Crippen LogP contribution >= 0.6 is 0 Å². The Bertz CT molecular complexity index is 1100. The number of nitrogens with one attached hydrogen (secondary N) is 1. The number of pyridine rings is 2. The summed E-state index contributed by atoms with van der Waals surface area (Å²) in [7, 11) is 0. The van der Waals surface area contributed by atoms with Crippen molar-refractivity contribution in [1.29, 1.82) is 0 Å². The van der Waals surface area contributed by atoms with E-state index in [9.17, 15) is 19.2 Å². The lowest BCUT2D eigenvalue weighted by Crippen LogP contribution is -2.71. The van der Waals surface area contributed by atoms with E-state index in [0.717, 1.165) is 54.6 Å². The predicted molar refractivity (Wildman–Crippen MR) is 140 cm³/mol. The third-order valence-electron chi connectivity index (χ3n) is 6.56. The molecule has 0 aliphatic carbocycles. The molecule has 2 amide bonds. The van der Waals surface area contributed by atoms with E-state index < -0.39 is 41.6 Å². The number of ketones is 2. The SMILES string of the molecule is CCCCc1ccc(C(=O)C2NC(=O)C(C(=O)c3ccc(CCCC)cn3)N(C(N)CCC)C2=O)nc1. The molecule has 37 heavy (non-hydrogen) atoms. The molecule has 3 atom stereocenters. The van der Waals surface area contributed by atoms with Crippen LogP contribution in [0.3, 0.4) is 0 Å². The lowest BCUT2D eigenvalue weighted by molar-refractivity contribution is -0.148. The second-order valence-corrected chi connectivity index (χ2v) is 9.48. The molecule has 2 aromatic rings. The second kappa shape index (κ2) is 13.2. The minimum atomic E-state index is -1.50. The lowest BCUT2D eigenvalue weighted by Gasteiger charge is -2.40. The number of aromatic nitrogens is 2. The van der Waals surface area contributed by atoms with Crippen molar-refractivity contribution < 1.29 is 19.2 Å². The highest BCUT2D eigenvalue weighted by molar-refractivity contribution is 6.22. The number of rotatable bonds is 13.